The van der Waals surface area contributed by atoms with Crippen LogP contribution < -0.4 is 0 Å². The molecule has 0 aromatic carbocycles. The van der Waals surface area contributed by atoms with Gasteiger partial charge in [-0.1, -0.05) is 82.5 Å². The first kappa shape index (κ1) is 27.7. The topological polar surface area (TPSA) is 0 Å². The molecule has 0 saturated heterocycles. The van der Waals surface area contributed by atoms with Gasteiger partial charge in [-0.05, 0) is 58.9 Å². The van der Waals surface area contributed by atoms with Crippen molar-refractivity contribution >= 4 is 25.1 Å². The van der Waals surface area contributed by atoms with E-state index in [1.165, 1.54) is 6.42 Å². The number of hydrogen-bond acceptors (Lipinski definition) is 0. The molecule has 0 bridgehead atoms. The molecule has 0 nitrogen and oxygen atoms in total. The van der Waals surface area contributed by atoms with E-state index in [-0.39, 0.29) is 14.9 Å². The van der Waals surface area contributed by atoms with Crippen LogP contribution in [0.2, 0.25) is 24.2 Å². The van der Waals surface area contributed by atoms with Crippen LogP contribution in [0.25, 0.3) is 0 Å². The fourth-order valence-corrected chi connectivity index (χ4v) is 13.3. The first-order chi connectivity index (χ1) is 12.8. The Hall–Kier alpha value is 0.640. The normalized spacial score (nSPS) is 41.3. The average Bonchev–Trinajstić information content (AvgIpc) is 3.12. The van der Waals surface area contributed by atoms with Crippen LogP contribution in [0.1, 0.15) is 27.2 Å². The van der Waals surface area contributed by atoms with Crippen LogP contribution in [0.5, 0.6) is 0 Å². The third-order valence-corrected chi connectivity index (χ3v) is 13.7. The van der Waals surface area contributed by atoms with E-state index < -0.39 is 28.9 Å². The van der Waals surface area contributed by atoms with Crippen LogP contribution >= 0.6 is 17.0 Å². The second-order valence-electron chi connectivity index (χ2n) is 9.81. The molecule has 0 N–H and O–H groups in total. The molecule has 0 heterocycles. The summed E-state index contributed by atoms with van der Waals surface area (Å²) in [6, 6.07) is 0. The molecule has 8 atom stereocenters. The van der Waals surface area contributed by atoms with Gasteiger partial charge in [0, 0.05) is 0 Å². The van der Waals surface area contributed by atoms with Crippen molar-refractivity contribution in [2.24, 2.45) is 41.4 Å². The van der Waals surface area contributed by atoms with Crippen LogP contribution in [0.15, 0.2) is 48.6 Å². The maximum atomic E-state index is 4.93. The zero-order valence-electron chi connectivity index (χ0n) is 19.3. The molecule has 0 aromatic heterocycles. The van der Waals surface area contributed by atoms with Gasteiger partial charge in [0.15, 0.2) is 0 Å². The molecule has 4 aliphatic carbocycles. The number of allylic oxidation sites excluding steroid dienone is 8. The van der Waals surface area contributed by atoms with Gasteiger partial charge < -0.3 is 14.9 Å². The van der Waals surface area contributed by atoms with Gasteiger partial charge in [0.2, 0.25) is 0 Å². The van der Waals surface area contributed by atoms with E-state index in [4.69, 9.17) is 17.0 Å². The molecule has 2 saturated carbocycles. The fraction of sp³-hybridized carbons (Fsp3) is 0.600. The van der Waals surface area contributed by atoms with E-state index in [0.717, 1.165) is 52.5 Å². The van der Waals surface area contributed by atoms with E-state index in [0.29, 0.717) is 0 Å². The van der Waals surface area contributed by atoms with Crippen molar-refractivity contribution in [3.05, 3.63) is 63.5 Å². The van der Waals surface area contributed by atoms with Gasteiger partial charge in [-0.2, -0.15) is 0 Å². The van der Waals surface area contributed by atoms with E-state index >= 15 is 0 Å². The summed E-state index contributed by atoms with van der Waals surface area (Å²) in [5, 5.41) is 0. The van der Waals surface area contributed by atoms with Gasteiger partial charge in [0.1, 0.15) is 0 Å². The van der Waals surface area contributed by atoms with Crippen molar-refractivity contribution in [1.29, 1.82) is 0 Å². The van der Waals surface area contributed by atoms with Crippen LogP contribution in [0.3, 0.4) is 0 Å². The number of rotatable bonds is 2. The summed E-state index contributed by atoms with van der Waals surface area (Å²) < 4.78 is 0. The van der Waals surface area contributed by atoms with E-state index in [1.54, 1.807) is 0 Å². The SMILES string of the molecule is CC1CC([Si](C)(C)C2C(C)C3C=CC=CC3C2C)C2C=CC=CC12.[CH3-].[CH3-].[Cl][Zr+2][Cl]. The van der Waals surface area contributed by atoms with Gasteiger partial charge in [-0.25, -0.2) is 0 Å². The Labute approximate surface area is 201 Å². The third-order valence-electron chi connectivity index (χ3n) is 8.35. The van der Waals surface area contributed by atoms with Crippen molar-refractivity contribution in [2.45, 2.75) is 51.4 Å². The standard InChI is InChI=1S/C23H34Si.2CH3.2ClH.Zr/c1-15-14-22(21-13-9-6-10-18(15)21)24(4,5)23-16(2)19-11-7-8-12-20(19)17(23)3;;;;;/h6-13,15-23H,14H2,1-5H3;2*1H3;2*1H;/q;2*-1;;;+4/p-2. The van der Waals surface area contributed by atoms with Gasteiger partial charge in [0.05, 0.1) is 8.07 Å². The van der Waals surface area contributed by atoms with Gasteiger partial charge in [-0.3, -0.25) is 0 Å². The van der Waals surface area contributed by atoms with Crippen LogP contribution in [-0.2, 0) is 20.8 Å². The predicted octanol–water partition coefficient (Wildman–Crippen LogP) is 8.75. The van der Waals surface area contributed by atoms with E-state index in [9.17, 15) is 0 Å². The first-order valence-electron chi connectivity index (χ1n) is 10.5. The monoisotopic (exact) mass is 528 g/mol. The van der Waals surface area contributed by atoms with Crippen molar-refractivity contribution in [2.75, 3.05) is 0 Å². The summed E-state index contributed by atoms with van der Waals surface area (Å²) in [6.45, 7) is 13.1. The molecule has 4 heteroatoms. The van der Waals surface area contributed by atoms with E-state index in [2.05, 4.69) is 82.5 Å². The van der Waals surface area contributed by atoms with Crippen LogP contribution in [0.4, 0.5) is 0 Å². The summed E-state index contributed by atoms with van der Waals surface area (Å²) in [6.07, 6.45) is 20.8. The Morgan fingerprint density at radius 1 is 0.724 bits per heavy atom. The van der Waals surface area contributed by atoms with E-state index in [1.807, 2.05) is 0 Å². The summed E-state index contributed by atoms with van der Waals surface area (Å²) in [7, 11) is 8.51. The summed E-state index contributed by atoms with van der Waals surface area (Å²) in [5.74, 6) is 5.77. The molecular weight excluding hydrogens is 490 g/mol. The molecule has 0 spiro atoms. The van der Waals surface area contributed by atoms with Crippen molar-refractivity contribution in [1.82, 2.24) is 0 Å². The van der Waals surface area contributed by atoms with Crippen LogP contribution in [0, 0.1) is 56.3 Å². The molecule has 0 aliphatic heterocycles. The summed E-state index contributed by atoms with van der Waals surface area (Å²) in [5.41, 5.74) is 1.91. The molecule has 8 unspecified atom stereocenters. The quantitative estimate of drug-likeness (QED) is 0.247. The van der Waals surface area contributed by atoms with Crippen molar-refractivity contribution < 1.29 is 20.8 Å². The van der Waals surface area contributed by atoms with Crippen molar-refractivity contribution in [3.63, 3.8) is 0 Å². The van der Waals surface area contributed by atoms with Gasteiger partial charge in [0.25, 0.3) is 0 Å². The minimum absolute atomic E-state index is 0. The Balaban J connectivity index is 0.000000794. The Bertz CT molecular complexity index is 615. The maximum absolute atomic E-state index is 4.93. The van der Waals surface area contributed by atoms with Crippen molar-refractivity contribution in [3.8, 4) is 0 Å². The fourth-order valence-electron chi connectivity index (χ4n) is 7.38. The second kappa shape index (κ2) is 11.5. The molecule has 0 amide bonds. The zero-order chi connectivity index (χ0) is 19.8. The van der Waals surface area contributed by atoms with Gasteiger partial charge >= 0.3 is 37.9 Å². The Morgan fingerprint density at radius 3 is 1.55 bits per heavy atom. The third kappa shape index (κ3) is 5.18. The predicted molar refractivity (Wildman–Crippen MR) is 132 cm³/mol. The Kier molecular flexibility index (Phi) is 11.0. The average molecular weight is 531 g/mol. The molecule has 0 radical (unpaired) electrons. The molecule has 4 aliphatic rings. The Morgan fingerprint density at radius 2 is 1.10 bits per heavy atom. The number of halogens is 2. The minimum atomic E-state index is -1.35. The second-order valence-corrected chi connectivity index (χ2v) is 18.6. The number of fused-ring (bicyclic) bond motifs is 2. The zero-order valence-corrected chi connectivity index (χ0v) is 24.2. The number of hydrogen-bond donors (Lipinski definition) is 0. The summed E-state index contributed by atoms with van der Waals surface area (Å²) >= 11 is -0.826. The molecule has 4 rings (SSSR count). The van der Waals surface area contributed by atoms with Gasteiger partial charge in [-0.15, -0.1) is 0 Å². The first-order valence-corrected chi connectivity index (χ1v) is 20.0. The molecular formula is C25H40Cl2SiZr. The summed E-state index contributed by atoms with van der Waals surface area (Å²) in [4.78, 5) is 0. The molecule has 162 valence electrons. The molecule has 0 aromatic rings. The van der Waals surface area contributed by atoms with Crippen LogP contribution in [-0.4, -0.2) is 8.07 Å². The molecule has 29 heavy (non-hydrogen) atoms. The molecule has 2 fully saturated rings.